The van der Waals surface area contributed by atoms with E-state index in [1.54, 1.807) is 12.1 Å². The molecule has 2 heteroatoms. The van der Waals surface area contributed by atoms with Crippen LogP contribution in [0.4, 0.5) is 4.39 Å². The van der Waals surface area contributed by atoms with E-state index in [4.69, 9.17) is 0 Å². The van der Waals surface area contributed by atoms with Crippen LogP contribution >= 0.6 is 0 Å². The van der Waals surface area contributed by atoms with Gasteiger partial charge in [-0.25, -0.2) is 4.39 Å². The summed E-state index contributed by atoms with van der Waals surface area (Å²) in [6.45, 7) is 4.38. The first-order valence-electron chi connectivity index (χ1n) is 7.15. The van der Waals surface area contributed by atoms with Gasteiger partial charge in [0.1, 0.15) is 5.82 Å². The second-order valence-electron chi connectivity index (χ2n) is 5.23. The smallest absolute Gasteiger partial charge is 0.123 e. The van der Waals surface area contributed by atoms with Gasteiger partial charge >= 0.3 is 0 Å². The zero-order valence-corrected chi connectivity index (χ0v) is 12.4. The summed E-state index contributed by atoms with van der Waals surface area (Å²) in [5.41, 5.74) is 2.47. The third-order valence-electron chi connectivity index (χ3n) is 4.03. The van der Waals surface area contributed by atoms with Crippen molar-refractivity contribution in [3.05, 3.63) is 71.5 Å². The van der Waals surface area contributed by atoms with Gasteiger partial charge in [0, 0.05) is 12.1 Å². The molecule has 0 saturated heterocycles. The Balaban J connectivity index is 2.20. The van der Waals surface area contributed by atoms with Gasteiger partial charge in [-0.2, -0.15) is 0 Å². The van der Waals surface area contributed by atoms with Crippen LogP contribution < -0.4 is 0 Å². The van der Waals surface area contributed by atoms with Crippen molar-refractivity contribution in [2.24, 2.45) is 0 Å². The lowest BCUT2D eigenvalue weighted by atomic mass is 9.99. The van der Waals surface area contributed by atoms with Crippen LogP contribution in [-0.4, -0.2) is 11.9 Å². The Hall–Kier alpha value is -1.67. The van der Waals surface area contributed by atoms with E-state index in [-0.39, 0.29) is 5.82 Å². The van der Waals surface area contributed by atoms with Crippen molar-refractivity contribution in [2.75, 3.05) is 7.05 Å². The molecule has 2 atom stereocenters. The van der Waals surface area contributed by atoms with Crippen molar-refractivity contribution in [1.29, 1.82) is 0 Å². The Morgan fingerprint density at radius 2 is 1.55 bits per heavy atom. The molecule has 1 unspecified atom stereocenters. The maximum atomic E-state index is 13.1. The number of rotatable bonds is 5. The molecule has 20 heavy (non-hydrogen) atoms. The van der Waals surface area contributed by atoms with E-state index >= 15 is 0 Å². The molecule has 0 aliphatic carbocycles. The average Bonchev–Trinajstić information content (AvgIpc) is 2.50. The summed E-state index contributed by atoms with van der Waals surface area (Å²) in [6, 6.07) is 18.0. The van der Waals surface area contributed by atoms with Gasteiger partial charge < -0.3 is 0 Å². The molecule has 2 rings (SSSR count). The summed E-state index contributed by atoms with van der Waals surface area (Å²) in [4.78, 5) is 2.35. The van der Waals surface area contributed by atoms with E-state index in [9.17, 15) is 4.39 Å². The number of halogens is 1. The molecule has 0 bridgehead atoms. The fourth-order valence-electron chi connectivity index (χ4n) is 2.68. The minimum Gasteiger partial charge on any atom is -0.293 e. The van der Waals surface area contributed by atoms with Crippen molar-refractivity contribution in [3.8, 4) is 0 Å². The maximum absolute atomic E-state index is 13.1. The van der Waals surface area contributed by atoms with E-state index in [1.807, 2.05) is 18.2 Å². The molecule has 106 valence electrons. The second kappa shape index (κ2) is 6.67. The molecule has 0 radical (unpaired) electrons. The van der Waals surface area contributed by atoms with E-state index in [1.165, 1.54) is 11.1 Å². The lowest BCUT2D eigenvalue weighted by molar-refractivity contribution is 0.181. The third kappa shape index (κ3) is 3.26. The number of benzene rings is 2. The Morgan fingerprint density at radius 1 is 0.950 bits per heavy atom. The molecule has 0 N–H and O–H groups in total. The SMILES string of the molecule is CCC(c1ccc(F)cc1)N(C)[C@@H](C)c1ccccc1. The molecule has 2 aromatic rings. The first kappa shape index (κ1) is 14.7. The summed E-state index contributed by atoms with van der Waals surface area (Å²) >= 11 is 0. The highest BCUT2D eigenvalue weighted by atomic mass is 19.1. The zero-order valence-electron chi connectivity index (χ0n) is 12.4. The first-order valence-corrected chi connectivity index (χ1v) is 7.15. The molecule has 1 nitrogen and oxygen atoms in total. The zero-order chi connectivity index (χ0) is 14.5. The first-order chi connectivity index (χ1) is 9.63. The topological polar surface area (TPSA) is 3.24 Å². The maximum Gasteiger partial charge on any atom is 0.123 e. The highest BCUT2D eigenvalue weighted by Gasteiger charge is 2.20. The summed E-state index contributed by atoms with van der Waals surface area (Å²) in [7, 11) is 2.13. The van der Waals surface area contributed by atoms with Crippen LogP contribution in [-0.2, 0) is 0 Å². The molecule has 2 aromatic carbocycles. The van der Waals surface area contributed by atoms with Crippen LogP contribution in [0.5, 0.6) is 0 Å². The fraction of sp³-hybridized carbons (Fsp3) is 0.333. The van der Waals surface area contributed by atoms with Crippen molar-refractivity contribution >= 4 is 0 Å². The van der Waals surface area contributed by atoms with E-state index in [0.717, 1.165) is 6.42 Å². The van der Waals surface area contributed by atoms with Gasteiger partial charge in [0.05, 0.1) is 0 Å². The summed E-state index contributed by atoms with van der Waals surface area (Å²) in [6.07, 6.45) is 0.999. The quantitative estimate of drug-likeness (QED) is 0.742. The molecule has 0 aromatic heterocycles. The monoisotopic (exact) mass is 271 g/mol. The van der Waals surface area contributed by atoms with Gasteiger partial charge in [0.2, 0.25) is 0 Å². The molecule has 0 aliphatic heterocycles. The van der Waals surface area contributed by atoms with Crippen molar-refractivity contribution in [2.45, 2.75) is 32.4 Å². The van der Waals surface area contributed by atoms with E-state index < -0.39 is 0 Å². The molecular formula is C18H22FN. The molecule has 0 fully saturated rings. The van der Waals surface area contributed by atoms with Crippen LogP contribution in [0.15, 0.2) is 54.6 Å². The van der Waals surface area contributed by atoms with Gasteiger partial charge in [0.15, 0.2) is 0 Å². The number of hydrogen-bond donors (Lipinski definition) is 0. The normalized spacial score (nSPS) is 14.2. The highest BCUT2D eigenvalue weighted by Crippen LogP contribution is 2.30. The summed E-state index contributed by atoms with van der Waals surface area (Å²) < 4.78 is 13.1. The molecule has 0 heterocycles. The minimum absolute atomic E-state index is 0.178. The lowest BCUT2D eigenvalue weighted by Crippen LogP contribution is -2.27. The fourth-order valence-corrected chi connectivity index (χ4v) is 2.68. The molecule has 0 spiro atoms. The predicted molar refractivity (Wildman–Crippen MR) is 82.1 cm³/mol. The Kier molecular flexibility index (Phi) is 4.91. The number of nitrogens with zero attached hydrogens (tertiary/aromatic N) is 1. The van der Waals surface area contributed by atoms with E-state index in [0.29, 0.717) is 12.1 Å². The second-order valence-corrected chi connectivity index (χ2v) is 5.23. The van der Waals surface area contributed by atoms with Gasteiger partial charge in [-0.3, -0.25) is 4.90 Å². The summed E-state index contributed by atoms with van der Waals surface area (Å²) in [5, 5.41) is 0. The largest absolute Gasteiger partial charge is 0.293 e. The van der Waals surface area contributed by atoms with Gasteiger partial charge in [-0.1, -0.05) is 49.4 Å². The Morgan fingerprint density at radius 3 is 2.10 bits per heavy atom. The van der Waals surface area contributed by atoms with E-state index in [2.05, 4.69) is 50.1 Å². The Bertz CT molecular complexity index is 521. The lowest BCUT2D eigenvalue weighted by Gasteiger charge is -2.33. The average molecular weight is 271 g/mol. The molecule has 0 amide bonds. The highest BCUT2D eigenvalue weighted by molar-refractivity contribution is 5.22. The molecule has 0 saturated carbocycles. The van der Waals surface area contributed by atoms with Crippen molar-refractivity contribution < 1.29 is 4.39 Å². The molecule has 0 aliphatic rings. The molecular weight excluding hydrogens is 249 g/mol. The van der Waals surface area contributed by atoms with Crippen LogP contribution in [0.2, 0.25) is 0 Å². The Labute approximate surface area is 121 Å². The van der Waals surface area contributed by atoms with Crippen LogP contribution in [0.25, 0.3) is 0 Å². The third-order valence-corrected chi connectivity index (χ3v) is 4.03. The van der Waals surface area contributed by atoms with Crippen molar-refractivity contribution in [1.82, 2.24) is 4.90 Å². The number of hydrogen-bond acceptors (Lipinski definition) is 1. The van der Waals surface area contributed by atoms with Crippen LogP contribution in [0.3, 0.4) is 0 Å². The van der Waals surface area contributed by atoms with Crippen LogP contribution in [0, 0.1) is 5.82 Å². The predicted octanol–water partition coefficient (Wildman–Crippen LogP) is 4.97. The van der Waals surface area contributed by atoms with Crippen LogP contribution in [0.1, 0.15) is 43.5 Å². The standard InChI is InChI=1S/C18H22FN/c1-4-18(16-10-12-17(19)13-11-16)20(3)14(2)15-8-6-5-7-9-15/h5-14,18H,4H2,1-3H3/t14-,18?/m0/s1. The minimum atomic E-state index is -0.178. The van der Waals surface area contributed by atoms with Gasteiger partial charge in [0.25, 0.3) is 0 Å². The van der Waals surface area contributed by atoms with Gasteiger partial charge in [-0.15, -0.1) is 0 Å². The summed E-state index contributed by atoms with van der Waals surface area (Å²) in [5.74, 6) is -0.178. The van der Waals surface area contributed by atoms with Gasteiger partial charge in [-0.05, 0) is 43.7 Å². The van der Waals surface area contributed by atoms with Crippen molar-refractivity contribution in [3.63, 3.8) is 0 Å².